The van der Waals surface area contributed by atoms with Crippen LogP contribution in [0.15, 0.2) is 0 Å². The van der Waals surface area contributed by atoms with Gasteiger partial charge in [0.1, 0.15) is 5.54 Å². The molecule has 0 bridgehead atoms. The number of hydrogen-bond acceptors (Lipinski definition) is 4. The first-order chi connectivity index (χ1) is 7.67. The lowest BCUT2D eigenvalue weighted by Gasteiger charge is -2.36. The van der Waals surface area contributed by atoms with Crippen LogP contribution >= 0.6 is 0 Å². The molecule has 0 amide bonds. The number of aliphatic carboxylic acids is 1. The topological polar surface area (TPSA) is 67.8 Å². The molecule has 0 radical (unpaired) electrons. The number of nitrogens with one attached hydrogen (secondary N) is 1. The molecule has 1 aliphatic heterocycles. The van der Waals surface area contributed by atoms with E-state index in [9.17, 15) is 9.90 Å². The number of rotatable bonds is 5. The van der Waals surface area contributed by atoms with Gasteiger partial charge < -0.3 is 14.6 Å². The summed E-state index contributed by atoms with van der Waals surface area (Å²) in [5.41, 5.74) is -2.26. The van der Waals surface area contributed by atoms with Gasteiger partial charge in [0.2, 0.25) is 0 Å². The van der Waals surface area contributed by atoms with Crippen LogP contribution in [0.5, 0.6) is 0 Å². The van der Waals surface area contributed by atoms with Gasteiger partial charge in [-0.05, 0) is 27.7 Å². The molecule has 0 saturated carbocycles. The van der Waals surface area contributed by atoms with Gasteiger partial charge in [0.15, 0.2) is 0 Å². The fourth-order valence-electron chi connectivity index (χ4n) is 2.72. The number of hydrogen-bond donors (Lipinski definition) is 2. The van der Waals surface area contributed by atoms with Gasteiger partial charge >= 0.3 is 5.97 Å². The number of carbonyl (C=O) groups is 1. The Balaban J connectivity index is 2.95. The van der Waals surface area contributed by atoms with E-state index in [4.69, 9.17) is 9.47 Å². The number of methoxy groups -OCH3 is 1. The summed E-state index contributed by atoms with van der Waals surface area (Å²) in [4.78, 5) is 11.6. The lowest BCUT2D eigenvalue weighted by Crippen LogP contribution is -2.63. The average molecular weight is 245 g/mol. The molecule has 0 aromatic rings. The lowest BCUT2D eigenvalue weighted by atomic mass is 9.79. The van der Waals surface area contributed by atoms with Crippen LogP contribution in [0.25, 0.3) is 0 Å². The maximum Gasteiger partial charge on any atom is 0.327 e. The Hall–Kier alpha value is -0.650. The summed E-state index contributed by atoms with van der Waals surface area (Å²) in [6.07, 6.45) is 0.437. The lowest BCUT2D eigenvalue weighted by molar-refractivity contribution is -0.153. The SMILES string of the molecule is COCCNC1(C(=O)O)CC(C)(C)OC1(C)C. The van der Waals surface area contributed by atoms with E-state index in [1.54, 1.807) is 7.11 Å². The second-order valence-corrected chi connectivity index (χ2v) is 5.68. The van der Waals surface area contributed by atoms with Crippen LogP contribution in [0.1, 0.15) is 34.1 Å². The third kappa shape index (κ3) is 2.61. The summed E-state index contributed by atoms with van der Waals surface area (Å²) < 4.78 is 10.8. The van der Waals surface area contributed by atoms with Crippen molar-refractivity contribution in [3.63, 3.8) is 0 Å². The molecule has 0 aromatic heterocycles. The molecule has 1 atom stereocenters. The van der Waals surface area contributed by atoms with Crippen LogP contribution in [0.3, 0.4) is 0 Å². The summed E-state index contributed by atoms with van der Waals surface area (Å²) in [6.45, 7) is 8.43. The average Bonchev–Trinajstić information content (AvgIpc) is 2.32. The first-order valence-corrected chi connectivity index (χ1v) is 5.84. The maximum absolute atomic E-state index is 11.6. The number of ether oxygens (including phenoxy) is 2. The van der Waals surface area contributed by atoms with Crippen molar-refractivity contribution in [2.24, 2.45) is 0 Å². The molecular formula is C12H23NO4. The second kappa shape index (κ2) is 4.55. The molecular weight excluding hydrogens is 222 g/mol. The summed E-state index contributed by atoms with van der Waals surface area (Å²) in [5.74, 6) is -0.871. The van der Waals surface area contributed by atoms with Crippen LogP contribution in [-0.4, -0.2) is 48.1 Å². The molecule has 1 rings (SSSR count). The summed E-state index contributed by atoms with van der Waals surface area (Å²) in [7, 11) is 1.59. The molecule has 1 saturated heterocycles. The van der Waals surface area contributed by atoms with E-state index in [0.717, 1.165) is 0 Å². The molecule has 1 unspecified atom stereocenters. The molecule has 5 nitrogen and oxygen atoms in total. The van der Waals surface area contributed by atoms with Gasteiger partial charge in [-0.1, -0.05) is 0 Å². The van der Waals surface area contributed by atoms with Gasteiger partial charge in [-0.15, -0.1) is 0 Å². The highest BCUT2D eigenvalue weighted by molar-refractivity contribution is 5.81. The third-order valence-corrected chi connectivity index (χ3v) is 3.35. The fraction of sp³-hybridized carbons (Fsp3) is 0.917. The maximum atomic E-state index is 11.6. The van der Waals surface area contributed by atoms with E-state index in [-0.39, 0.29) is 0 Å². The normalized spacial score (nSPS) is 30.4. The van der Waals surface area contributed by atoms with Gasteiger partial charge in [-0.25, -0.2) is 0 Å². The minimum absolute atomic E-state index is 0.437. The molecule has 2 N–H and O–H groups in total. The zero-order chi connectivity index (χ0) is 13.3. The monoisotopic (exact) mass is 245 g/mol. The Kier molecular flexibility index (Phi) is 3.86. The van der Waals surface area contributed by atoms with E-state index >= 15 is 0 Å². The predicted octanol–water partition coefficient (Wildman–Crippen LogP) is 1.02. The van der Waals surface area contributed by atoms with Crippen molar-refractivity contribution >= 4 is 5.97 Å². The van der Waals surface area contributed by atoms with Crippen LogP contribution < -0.4 is 5.32 Å². The molecule has 1 aliphatic rings. The Morgan fingerprint density at radius 2 is 2.00 bits per heavy atom. The van der Waals surface area contributed by atoms with Crippen molar-refractivity contribution in [3.05, 3.63) is 0 Å². The predicted molar refractivity (Wildman–Crippen MR) is 64.1 cm³/mol. The molecule has 0 spiro atoms. The minimum atomic E-state index is -1.06. The quantitative estimate of drug-likeness (QED) is 0.708. The Labute approximate surface area is 102 Å². The van der Waals surface area contributed by atoms with Crippen molar-refractivity contribution < 1.29 is 19.4 Å². The molecule has 100 valence electrons. The van der Waals surface area contributed by atoms with Crippen LogP contribution in [0, 0.1) is 0 Å². The third-order valence-electron chi connectivity index (χ3n) is 3.35. The second-order valence-electron chi connectivity index (χ2n) is 5.68. The van der Waals surface area contributed by atoms with Crippen molar-refractivity contribution in [2.45, 2.75) is 50.9 Å². The van der Waals surface area contributed by atoms with Crippen molar-refractivity contribution in [1.82, 2.24) is 5.32 Å². The largest absolute Gasteiger partial charge is 0.480 e. The van der Waals surface area contributed by atoms with Crippen LogP contribution in [-0.2, 0) is 14.3 Å². The highest BCUT2D eigenvalue weighted by atomic mass is 16.5. The molecule has 0 aliphatic carbocycles. The van der Waals surface area contributed by atoms with Crippen LogP contribution in [0.2, 0.25) is 0 Å². The van der Waals surface area contributed by atoms with Gasteiger partial charge in [0.25, 0.3) is 0 Å². The molecule has 0 aromatic carbocycles. The fourth-order valence-corrected chi connectivity index (χ4v) is 2.72. The smallest absolute Gasteiger partial charge is 0.327 e. The van der Waals surface area contributed by atoms with Crippen molar-refractivity contribution in [2.75, 3.05) is 20.3 Å². The van der Waals surface area contributed by atoms with Crippen LogP contribution in [0.4, 0.5) is 0 Å². The van der Waals surface area contributed by atoms with Crippen molar-refractivity contribution in [1.29, 1.82) is 0 Å². The molecule has 5 heteroatoms. The zero-order valence-corrected chi connectivity index (χ0v) is 11.3. The standard InChI is InChI=1S/C12H23NO4/c1-10(2)8-12(9(14)15,11(3,4)17-10)13-6-7-16-5/h13H,6-8H2,1-5H3,(H,14,15). The molecule has 1 fully saturated rings. The van der Waals surface area contributed by atoms with Gasteiger partial charge in [0.05, 0.1) is 17.8 Å². The van der Waals surface area contributed by atoms with E-state index in [1.165, 1.54) is 0 Å². The number of carboxylic acids is 1. The summed E-state index contributed by atoms with van der Waals surface area (Å²) in [5, 5.41) is 12.6. The first kappa shape index (κ1) is 14.4. The molecule has 17 heavy (non-hydrogen) atoms. The van der Waals surface area contributed by atoms with Gasteiger partial charge in [0, 0.05) is 20.1 Å². The summed E-state index contributed by atoms with van der Waals surface area (Å²) >= 11 is 0. The minimum Gasteiger partial charge on any atom is -0.480 e. The highest BCUT2D eigenvalue weighted by Gasteiger charge is 2.61. The zero-order valence-electron chi connectivity index (χ0n) is 11.3. The Bertz CT molecular complexity index is 301. The summed E-state index contributed by atoms with van der Waals surface area (Å²) in [6, 6.07) is 0. The highest BCUT2D eigenvalue weighted by Crippen LogP contribution is 2.45. The Morgan fingerprint density at radius 3 is 2.35 bits per heavy atom. The first-order valence-electron chi connectivity index (χ1n) is 5.84. The van der Waals surface area contributed by atoms with Gasteiger partial charge in [-0.2, -0.15) is 0 Å². The van der Waals surface area contributed by atoms with E-state index < -0.39 is 22.7 Å². The van der Waals surface area contributed by atoms with E-state index in [1.807, 2.05) is 27.7 Å². The molecule has 1 heterocycles. The number of carboxylic acid groups (broad SMARTS) is 1. The van der Waals surface area contributed by atoms with E-state index in [2.05, 4.69) is 5.32 Å². The van der Waals surface area contributed by atoms with Gasteiger partial charge in [-0.3, -0.25) is 10.1 Å². The van der Waals surface area contributed by atoms with Crippen molar-refractivity contribution in [3.8, 4) is 0 Å². The Morgan fingerprint density at radius 1 is 1.41 bits per heavy atom. The van der Waals surface area contributed by atoms with E-state index in [0.29, 0.717) is 19.6 Å².